The Labute approximate surface area is 204 Å². The van der Waals surface area contributed by atoms with E-state index in [1.165, 1.54) is 11.8 Å². The van der Waals surface area contributed by atoms with Gasteiger partial charge in [-0.25, -0.2) is 4.99 Å². The first-order valence-corrected chi connectivity index (χ1v) is 11.7. The maximum Gasteiger partial charge on any atom is 0.267 e. The molecule has 168 valence electrons. The molecule has 0 spiro atoms. The van der Waals surface area contributed by atoms with Crippen molar-refractivity contribution in [3.05, 3.63) is 94.2 Å². The molecule has 3 aromatic rings. The number of amidine groups is 1. The Morgan fingerprint density at radius 1 is 1.18 bits per heavy atom. The lowest BCUT2D eigenvalue weighted by Gasteiger charge is -2.14. The molecule has 1 aliphatic heterocycles. The van der Waals surface area contributed by atoms with Gasteiger partial charge in [-0.1, -0.05) is 46.8 Å². The lowest BCUT2D eigenvalue weighted by Crippen LogP contribution is -2.28. The molecule has 1 amide bonds. The van der Waals surface area contributed by atoms with Crippen LogP contribution in [-0.2, 0) is 11.3 Å². The molecule has 2 heterocycles. The normalized spacial score (nSPS) is 15.9. The number of hydrogen-bond donors (Lipinski definition) is 0. The van der Waals surface area contributed by atoms with Gasteiger partial charge in [0.15, 0.2) is 16.7 Å². The van der Waals surface area contributed by atoms with Gasteiger partial charge in [0, 0.05) is 4.47 Å². The zero-order chi connectivity index (χ0) is 23.2. The van der Waals surface area contributed by atoms with Gasteiger partial charge in [0.05, 0.1) is 30.5 Å². The minimum atomic E-state index is -0.149. The molecule has 2 aromatic carbocycles. The molecule has 33 heavy (non-hydrogen) atoms. The summed E-state index contributed by atoms with van der Waals surface area (Å²) in [6.07, 6.45) is 5.07. The molecule has 1 aliphatic rings. The van der Waals surface area contributed by atoms with Crippen molar-refractivity contribution in [1.82, 2.24) is 4.90 Å². The number of methoxy groups -OCH3 is 1. The predicted octanol–water partition coefficient (Wildman–Crippen LogP) is 6.42. The summed E-state index contributed by atoms with van der Waals surface area (Å²) in [7, 11) is 1.58. The van der Waals surface area contributed by atoms with E-state index in [1.807, 2.05) is 54.6 Å². The number of thioether (sulfide) groups is 1. The molecule has 1 fully saturated rings. The first kappa shape index (κ1) is 22.9. The molecule has 0 bridgehead atoms. The maximum absolute atomic E-state index is 13.3. The van der Waals surface area contributed by atoms with Crippen LogP contribution in [0.1, 0.15) is 11.3 Å². The highest BCUT2D eigenvalue weighted by molar-refractivity contribution is 9.10. The van der Waals surface area contributed by atoms with Gasteiger partial charge in [0.1, 0.15) is 12.4 Å². The molecular weight excluding hydrogens is 504 g/mol. The Hall–Kier alpha value is -3.23. The highest BCUT2D eigenvalue weighted by atomic mass is 79.9. The minimum absolute atomic E-state index is 0.149. The summed E-state index contributed by atoms with van der Waals surface area (Å²) in [4.78, 5) is 20.2. The van der Waals surface area contributed by atoms with Gasteiger partial charge < -0.3 is 13.9 Å². The topological polar surface area (TPSA) is 64.3 Å². The molecule has 0 unspecified atom stereocenters. The van der Waals surface area contributed by atoms with E-state index in [4.69, 9.17) is 18.9 Å². The van der Waals surface area contributed by atoms with Crippen molar-refractivity contribution >= 4 is 50.5 Å². The lowest BCUT2D eigenvalue weighted by atomic mass is 10.2. The van der Waals surface area contributed by atoms with E-state index in [0.717, 1.165) is 15.7 Å². The summed E-state index contributed by atoms with van der Waals surface area (Å²) >= 11 is 4.90. The number of furan rings is 1. The van der Waals surface area contributed by atoms with Crippen molar-refractivity contribution in [3.8, 4) is 11.5 Å². The second kappa shape index (κ2) is 10.6. The highest BCUT2D eigenvalue weighted by Crippen LogP contribution is 2.39. The largest absolute Gasteiger partial charge is 0.493 e. The molecule has 0 N–H and O–H groups in total. The smallest absolute Gasteiger partial charge is 0.267 e. The molecule has 1 aromatic heterocycles. The van der Waals surface area contributed by atoms with E-state index in [2.05, 4.69) is 22.5 Å². The number of aliphatic imine (C=N–C) groups is 1. The Bertz CT molecular complexity index is 1210. The van der Waals surface area contributed by atoms with Crippen molar-refractivity contribution in [3.63, 3.8) is 0 Å². The van der Waals surface area contributed by atoms with Crippen molar-refractivity contribution in [2.75, 3.05) is 13.7 Å². The van der Waals surface area contributed by atoms with Crippen LogP contribution >= 0.6 is 27.7 Å². The first-order chi connectivity index (χ1) is 16.1. The Balaban J connectivity index is 1.69. The van der Waals surface area contributed by atoms with E-state index >= 15 is 0 Å². The van der Waals surface area contributed by atoms with E-state index in [9.17, 15) is 4.79 Å². The van der Waals surface area contributed by atoms with E-state index in [1.54, 1.807) is 30.4 Å². The second-order valence-corrected chi connectivity index (χ2v) is 8.80. The molecule has 4 rings (SSSR count). The number of halogens is 1. The number of amides is 1. The van der Waals surface area contributed by atoms with Gasteiger partial charge in [-0.15, -0.1) is 0 Å². The average Bonchev–Trinajstić information content (AvgIpc) is 3.44. The Morgan fingerprint density at radius 2 is 2.00 bits per heavy atom. The standard InChI is InChI=1S/C25H21BrN2O4S/c1-3-11-32-22-15-20(26)17(13-21(22)30-2)14-23-24(29)28(16-19-10-7-12-31-19)25(33-23)27-18-8-5-4-6-9-18/h3-10,12-15H,1,11,16H2,2H3/b23-14-,27-25?. The van der Waals surface area contributed by atoms with Crippen LogP contribution in [0.4, 0.5) is 5.69 Å². The van der Waals surface area contributed by atoms with Gasteiger partial charge in [0.2, 0.25) is 0 Å². The minimum Gasteiger partial charge on any atom is -0.493 e. The molecule has 6 nitrogen and oxygen atoms in total. The number of nitrogens with zero attached hydrogens (tertiary/aromatic N) is 2. The zero-order valence-electron chi connectivity index (χ0n) is 17.9. The second-order valence-electron chi connectivity index (χ2n) is 6.94. The number of carbonyl (C=O) groups is 1. The number of ether oxygens (including phenoxy) is 2. The van der Waals surface area contributed by atoms with E-state index in [-0.39, 0.29) is 5.91 Å². The van der Waals surface area contributed by atoms with Gasteiger partial charge >= 0.3 is 0 Å². The van der Waals surface area contributed by atoms with Crippen LogP contribution in [-0.4, -0.2) is 29.7 Å². The lowest BCUT2D eigenvalue weighted by molar-refractivity contribution is -0.122. The highest BCUT2D eigenvalue weighted by Gasteiger charge is 2.34. The van der Waals surface area contributed by atoms with Gasteiger partial charge in [-0.3, -0.25) is 9.69 Å². The molecule has 0 aliphatic carbocycles. The van der Waals surface area contributed by atoms with Crippen LogP contribution in [0.5, 0.6) is 11.5 Å². The molecule has 0 atom stereocenters. The monoisotopic (exact) mass is 524 g/mol. The van der Waals surface area contributed by atoms with Crippen LogP contribution in [0.15, 0.2) is 92.3 Å². The molecular formula is C25H21BrN2O4S. The summed E-state index contributed by atoms with van der Waals surface area (Å²) < 4.78 is 17.4. The maximum atomic E-state index is 13.3. The fourth-order valence-electron chi connectivity index (χ4n) is 3.13. The fourth-order valence-corrected chi connectivity index (χ4v) is 4.55. The molecule has 0 saturated carbocycles. The number of benzene rings is 2. The van der Waals surface area contributed by atoms with Crippen LogP contribution < -0.4 is 9.47 Å². The Kier molecular flexibility index (Phi) is 7.36. The summed E-state index contributed by atoms with van der Waals surface area (Å²) in [6.45, 7) is 4.32. The third-order valence-electron chi connectivity index (χ3n) is 4.69. The van der Waals surface area contributed by atoms with Crippen molar-refractivity contribution < 1.29 is 18.7 Å². The van der Waals surface area contributed by atoms with Crippen LogP contribution in [0.2, 0.25) is 0 Å². The van der Waals surface area contributed by atoms with E-state index in [0.29, 0.717) is 40.5 Å². The number of rotatable bonds is 8. The van der Waals surface area contributed by atoms with Gasteiger partial charge in [0.25, 0.3) is 5.91 Å². The molecule has 0 radical (unpaired) electrons. The van der Waals surface area contributed by atoms with Crippen molar-refractivity contribution in [1.29, 1.82) is 0 Å². The number of para-hydroxylation sites is 1. The zero-order valence-corrected chi connectivity index (χ0v) is 20.3. The van der Waals surface area contributed by atoms with Crippen molar-refractivity contribution in [2.45, 2.75) is 6.54 Å². The van der Waals surface area contributed by atoms with Gasteiger partial charge in [-0.05, 0) is 59.8 Å². The van der Waals surface area contributed by atoms with Gasteiger partial charge in [-0.2, -0.15) is 0 Å². The van der Waals surface area contributed by atoms with Crippen molar-refractivity contribution in [2.24, 2.45) is 4.99 Å². The fraction of sp³-hybridized carbons (Fsp3) is 0.120. The molecule has 1 saturated heterocycles. The van der Waals surface area contributed by atoms with E-state index < -0.39 is 0 Å². The third kappa shape index (κ3) is 5.40. The summed E-state index contributed by atoms with van der Waals surface area (Å²) in [6, 6.07) is 16.8. The van der Waals surface area contributed by atoms with Crippen LogP contribution in [0, 0.1) is 0 Å². The Morgan fingerprint density at radius 3 is 2.70 bits per heavy atom. The predicted molar refractivity (Wildman–Crippen MR) is 135 cm³/mol. The van der Waals surface area contributed by atoms with Crippen LogP contribution in [0.3, 0.4) is 0 Å². The summed E-state index contributed by atoms with van der Waals surface area (Å²) in [5.74, 6) is 1.68. The molecule has 8 heteroatoms. The first-order valence-electron chi connectivity index (χ1n) is 10.1. The van der Waals surface area contributed by atoms with Crippen LogP contribution in [0.25, 0.3) is 6.08 Å². The number of carbonyl (C=O) groups excluding carboxylic acids is 1. The third-order valence-corrected chi connectivity index (χ3v) is 6.38. The summed E-state index contributed by atoms with van der Waals surface area (Å²) in [5.41, 5.74) is 1.55. The SMILES string of the molecule is C=CCOc1cc(Br)c(/C=C2\SC(=Nc3ccccc3)N(Cc3ccco3)C2=O)cc1OC. The summed E-state index contributed by atoms with van der Waals surface area (Å²) in [5, 5.41) is 0.586. The quantitative estimate of drug-likeness (QED) is 0.251. The average molecular weight is 525 g/mol. The number of hydrogen-bond acceptors (Lipinski definition) is 6.